The zero-order chi connectivity index (χ0) is 18.3. The quantitative estimate of drug-likeness (QED) is 0.604. The van der Waals surface area contributed by atoms with Gasteiger partial charge in [-0.1, -0.05) is 15.9 Å². The highest BCUT2D eigenvalue weighted by Crippen LogP contribution is 2.12. The first-order valence-electron chi connectivity index (χ1n) is 8.07. The second-order valence-electron chi connectivity index (χ2n) is 5.63. The number of hydrogen-bond donors (Lipinski definition) is 1. The first kappa shape index (κ1) is 19.9. The van der Waals surface area contributed by atoms with Gasteiger partial charge in [0.1, 0.15) is 0 Å². The Morgan fingerprint density at radius 2 is 1.96 bits per heavy atom. The molecule has 1 aromatic heterocycles. The average molecular weight is 436 g/mol. The summed E-state index contributed by atoms with van der Waals surface area (Å²) < 4.78 is 31.1. The second-order valence-corrected chi connectivity index (χ2v) is 8.51. The van der Waals surface area contributed by atoms with E-state index in [1.807, 2.05) is 0 Å². The molecule has 25 heavy (non-hydrogen) atoms. The fraction of sp³-hybridized carbons (Fsp3) is 0.600. The van der Waals surface area contributed by atoms with Crippen LogP contribution < -0.4 is 5.32 Å². The van der Waals surface area contributed by atoms with E-state index in [2.05, 4.69) is 21.2 Å². The topological polar surface area (TPSA) is 99.9 Å². The van der Waals surface area contributed by atoms with Crippen LogP contribution in [0.25, 0.3) is 0 Å². The number of piperazine rings is 1. The predicted molar refractivity (Wildman–Crippen MR) is 96.0 cm³/mol. The van der Waals surface area contributed by atoms with Crippen LogP contribution in [0.1, 0.15) is 23.4 Å². The van der Waals surface area contributed by atoms with E-state index in [0.29, 0.717) is 25.9 Å². The van der Waals surface area contributed by atoms with Gasteiger partial charge in [0.2, 0.25) is 15.9 Å². The first-order valence-corrected chi connectivity index (χ1v) is 10.8. The molecule has 0 radical (unpaired) electrons. The molecule has 0 saturated carbocycles. The molecule has 0 atom stereocenters. The van der Waals surface area contributed by atoms with Crippen molar-refractivity contribution in [3.63, 3.8) is 0 Å². The zero-order valence-corrected chi connectivity index (χ0v) is 16.2. The Hall–Kier alpha value is -1.39. The Morgan fingerprint density at radius 1 is 1.24 bits per heavy atom. The molecule has 1 aliphatic heterocycles. The van der Waals surface area contributed by atoms with Crippen molar-refractivity contribution in [3.8, 4) is 0 Å². The van der Waals surface area contributed by atoms with Gasteiger partial charge in [0, 0.05) is 44.5 Å². The number of rotatable bonds is 8. The maximum Gasteiger partial charge on any atom is 0.289 e. The molecule has 8 nitrogen and oxygen atoms in total. The number of furan rings is 1. The highest BCUT2D eigenvalue weighted by atomic mass is 79.9. The van der Waals surface area contributed by atoms with Crippen molar-refractivity contribution in [2.45, 2.75) is 12.8 Å². The van der Waals surface area contributed by atoms with Gasteiger partial charge in [0.15, 0.2) is 5.76 Å². The van der Waals surface area contributed by atoms with E-state index in [1.165, 1.54) is 10.6 Å². The van der Waals surface area contributed by atoms with Crippen LogP contribution in [0.5, 0.6) is 0 Å². The van der Waals surface area contributed by atoms with E-state index in [9.17, 15) is 18.0 Å². The molecule has 2 heterocycles. The van der Waals surface area contributed by atoms with Crippen molar-refractivity contribution in [3.05, 3.63) is 24.2 Å². The zero-order valence-electron chi connectivity index (χ0n) is 13.8. The summed E-state index contributed by atoms with van der Waals surface area (Å²) in [7, 11) is -3.45. The number of amides is 2. The van der Waals surface area contributed by atoms with Gasteiger partial charge in [-0.25, -0.2) is 8.42 Å². The number of carbonyl (C=O) groups is 2. The normalized spacial score (nSPS) is 16.0. The molecule has 0 bridgehead atoms. The fourth-order valence-electron chi connectivity index (χ4n) is 2.49. The van der Waals surface area contributed by atoms with E-state index < -0.39 is 10.0 Å². The number of nitrogens with one attached hydrogen (secondary N) is 1. The molecule has 0 unspecified atom stereocenters. The van der Waals surface area contributed by atoms with Crippen LogP contribution >= 0.6 is 15.9 Å². The third kappa shape index (κ3) is 5.82. The second kappa shape index (κ2) is 9.35. The summed E-state index contributed by atoms with van der Waals surface area (Å²) in [5.41, 5.74) is 0. The van der Waals surface area contributed by atoms with Crippen LogP contribution in [-0.2, 0) is 14.8 Å². The molecule has 0 aliphatic carbocycles. The third-order valence-electron chi connectivity index (χ3n) is 3.87. The monoisotopic (exact) mass is 435 g/mol. The van der Waals surface area contributed by atoms with Crippen LogP contribution in [0.15, 0.2) is 22.8 Å². The lowest BCUT2D eigenvalue weighted by Gasteiger charge is -2.33. The van der Waals surface area contributed by atoms with Gasteiger partial charge in [-0.05, 0) is 18.6 Å². The molecule has 10 heteroatoms. The van der Waals surface area contributed by atoms with Crippen molar-refractivity contribution < 1.29 is 22.4 Å². The minimum absolute atomic E-state index is 0.0923. The highest BCUT2D eigenvalue weighted by molar-refractivity contribution is 9.09. The molecule has 1 aliphatic rings. The molecule has 1 N–H and O–H groups in total. The van der Waals surface area contributed by atoms with Crippen LogP contribution in [0.4, 0.5) is 0 Å². The summed E-state index contributed by atoms with van der Waals surface area (Å²) in [4.78, 5) is 25.2. The van der Waals surface area contributed by atoms with Crippen LogP contribution in [0.2, 0.25) is 0 Å². The predicted octanol–water partition coefficient (Wildman–Crippen LogP) is 0.659. The summed E-state index contributed by atoms with van der Waals surface area (Å²) in [5.74, 6) is -0.272. The summed E-state index contributed by atoms with van der Waals surface area (Å²) in [5, 5.41) is 3.35. The SMILES string of the molecule is O=C(CCCBr)NCCS(=O)(=O)N1CCN(C(=O)c2ccco2)CC1. The number of nitrogens with zero attached hydrogens (tertiary/aromatic N) is 2. The van der Waals surface area contributed by atoms with E-state index in [1.54, 1.807) is 17.0 Å². The van der Waals surface area contributed by atoms with Gasteiger partial charge in [-0.15, -0.1) is 0 Å². The minimum Gasteiger partial charge on any atom is -0.459 e. The van der Waals surface area contributed by atoms with Gasteiger partial charge >= 0.3 is 0 Å². The van der Waals surface area contributed by atoms with Crippen molar-refractivity contribution >= 4 is 37.8 Å². The first-order chi connectivity index (χ1) is 11.9. The largest absolute Gasteiger partial charge is 0.459 e. The van der Waals surface area contributed by atoms with E-state index in [4.69, 9.17) is 4.42 Å². The van der Waals surface area contributed by atoms with Crippen LogP contribution in [0.3, 0.4) is 0 Å². The Balaban J connectivity index is 1.77. The van der Waals surface area contributed by atoms with Crippen molar-refractivity contribution in [2.24, 2.45) is 0 Å². The Kier molecular flexibility index (Phi) is 7.45. The van der Waals surface area contributed by atoms with Crippen molar-refractivity contribution in [1.29, 1.82) is 0 Å². The van der Waals surface area contributed by atoms with Crippen molar-refractivity contribution in [1.82, 2.24) is 14.5 Å². The molecular formula is C15H22BrN3O5S. The molecule has 1 saturated heterocycles. The van der Waals surface area contributed by atoms with Gasteiger partial charge in [-0.2, -0.15) is 4.31 Å². The highest BCUT2D eigenvalue weighted by Gasteiger charge is 2.29. The summed E-state index contributed by atoms with van der Waals surface area (Å²) in [6, 6.07) is 3.23. The van der Waals surface area contributed by atoms with E-state index >= 15 is 0 Å². The summed E-state index contributed by atoms with van der Waals surface area (Å²) in [6.45, 7) is 1.21. The Bertz CT molecular complexity index is 669. The third-order valence-corrected chi connectivity index (χ3v) is 6.30. The van der Waals surface area contributed by atoms with E-state index in [-0.39, 0.29) is 43.0 Å². The maximum absolute atomic E-state index is 12.3. The number of alkyl halides is 1. The molecule has 140 valence electrons. The smallest absolute Gasteiger partial charge is 0.289 e. The summed E-state index contributed by atoms with van der Waals surface area (Å²) >= 11 is 3.24. The van der Waals surface area contributed by atoms with Crippen molar-refractivity contribution in [2.75, 3.05) is 43.8 Å². The fourth-order valence-corrected chi connectivity index (χ4v) is 4.11. The lowest BCUT2D eigenvalue weighted by molar-refractivity contribution is -0.120. The summed E-state index contributed by atoms with van der Waals surface area (Å²) in [6.07, 6.45) is 2.52. The Morgan fingerprint density at radius 3 is 2.56 bits per heavy atom. The molecule has 0 aromatic carbocycles. The number of hydrogen-bond acceptors (Lipinski definition) is 5. The number of carbonyl (C=O) groups excluding carboxylic acids is 2. The van der Waals surface area contributed by atoms with Gasteiger partial charge in [-0.3, -0.25) is 9.59 Å². The molecule has 0 spiro atoms. The average Bonchev–Trinajstić information content (AvgIpc) is 3.14. The van der Waals surface area contributed by atoms with Crippen LogP contribution in [-0.4, -0.2) is 73.2 Å². The minimum atomic E-state index is -3.45. The van der Waals surface area contributed by atoms with Gasteiger partial charge in [0.05, 0.1) is 12.0 Å². The lowest BCUT2D eigenvalue weighted by atomic mass is 10.3. The Labute approximate surface area is 155 Å². The molecule has 1 aromatic rings. The molecular weight excluding hydrogens is 414 g/mol. The molecule has 2 rings (SSSR count). The van der Waals surface area contributed by atoms with Crippen LogP contribution in [0, 0.1) is 0 Å². The maximum atomic E-state index is 12.3. The van der Waals surface area contributed by atoms with E-state index in [0.717, 1.165) is 5.33 Å². The number of halogens is 1. The molecule has 2 amide bonds. The molecule has 1 fully saturated rings. The number of sulfonamides is 1. The standard InChI is InChI=1S/C15H22BrN3O5S/c16-5-1-4-14(20)17-6-12-25(22,23)19-9-7-18(8-10-19)15(21)13-3-2-11-24-13/h2-3,11H,1,4-10,12H2,(H,17,20). The lowest BCUT2D eigenvalue weighted by Crippen LogP contribution is -2.51. The van der Waals surface area contributed by atoms with Gasteiger partial charge < -0.3 is 14.6 Å². The van der Waals surface area contributed by atoms with Gasteiger partial charge in [0.25, 0.3) is 5.91 Å².